The van der Waals surface area contributed by atoms with Crippen LogP contribution in [0.25, 0.3) is 0 Å². The maximum atomic E-state index is 11.8. The summed E-state index contributed by atoms with van der Waals surface area (Å²) < 4.78 is 0.701. The number of carbonyl (C=O) groups excluding carboxylic acids is 2. The van der Waals surface area contributed by atoms with Gasteiger partial charge in [0, 0.05) is 11.7 Å². The topological polar surface area (TPSA) is 96.0 Å². The summed E-state index contributed by atoms with van der Waals surface area (Å²) in [4.78, 5) is 23.4. The molecule has 0 aliphatic heterocycles. The van der Waals surface area contributed by atoms with Crippen LogP contribution < -0.4 is 16.0 Å². The molecule has 2 aromatic rings. The van der Waals surface area contributed by atoms with Crippen LogP contribution in [-0.4, -0.2) is 33.9 Å². The molecule has 0 spiro atoms. The molecule has 1 aromatic carbocycles. The normalized spacial score (nSPS) is 13.4. The molecule has 3 N–H and O–H groups in total. The molecule has 0 atom stereocenters. The van der Waals surface area contributed by atoms with Crippen molar-refractivity contribution in [3.05, 3.63) is 30.3 Å². The molecule has 0 unspecified atom stereocenters. The first-order valence-electron chi connectivity index (χ1n) is 7.08. The van der Waals surface area contributed by atoms with Crippen LogP contribution in [0.1, 0.15) is 12.8 Å². The second-order valence-electron chi connectivity index (χ2n) is 4.95. The Morgan fingerprint density at radius 1 is 1.22 bits per heavy atom. The Kier molecular flexibility index (Phi) is 5.09. The number of carbonyl (C=O) groups is 2. The summed E-state index contributed by atoms with van der Waals surface area (Å²) in [7, 11) is 0. The van der Waals surface area contributed by atoms with E-state index in [-0.39, 0.29) is 11.7 Å². The number of amides is 3. The average molecular weight is 349 g/mol. The third-order valence-electron chi connectivity index (χ3n) is 2.92. The van der Waals surface area contributed by atoms with Gasteiger partial charge in [0.15, 0.2) is 4.34 Å². The molecular formula is C14H15N5O2S2. The Morgan fingerprint density at radius 2 is 2.00 bits per heavy atom. The summed E-state index contributed by atoms with van der Waals surface area (Å²) in [6.07, 6.45) is 2.34. The van der Waals surface area contributed by atoms with E-state index in [0.717, 1.165) is 5.13 Å². The zero-order chi connectivity index (χ0) is 16.1. The van der Waals surface area contributed by atoms with Gasteiger partial charge in [-0.2, -0.15) is 0 Å². The van der Waals surface area contributed by atoms with E-state index in [2.05, 4.69) is 26.1 Å². The number of aromatic nitrogens is 2. The smallest absolute Gasteiger partial charge is 0.325 e. The second-order valence-corrected chi connectivity index (χ2v) is 7.15. The summed E-state index contributed by atoms with van der Waals surface area (Å²) in [5.74, 6) is -0.268. The number of imide groups is 1. The van der Waals surface area contributed by atoms with Crippen LogP contribution in [0.15, 0.2) is 34.7 Å². The van der Waals surface area contributed by atoms with E-state index in [9.17, 15) is 9.59 Å². The van der Waals surface area contributed by atoms with Crippen LogP contribution in [0.3, 0.4) is 0 Å². The van der Waals surface area contributed by atoms with Crippen molar-refractivity contribution in [3.63, 3.8) is 0 Å². The van der Waals surface area contributed by atoms with Crippen LogP contribution in [0, 0.1) is 0 Å². The third-order valence-corrected chi connectivity index (χ3v) is 4.91. The number of thioether (sulfide) groups is 1. The van der Waals surface area contributed by atoms with Crippen molar-refractivity contribution < 1.29 is 9.59 Å². The lowest BCUT2D eigenvalue weighted by atomic mass is 10.3. The Bertz CT molecular complexity index is 687. The molecule has 3 rings (SSSR count). The van der Waals surface area contributed by atoms with Gasteiger partial charge in [-0.3, -0.25) is 10.1 Å². The maximum Gasteiger partial charge on any atom is 0.325 e. The second kappa shape index (κ2) is 7.42. The van der Waals surface area contributed by atoms with Crippen LogP contribution >= 0.6 is 23.1 Å². The van der Waals surface area contributed by atoms with Gasteiger partial charge >= 0.3 is 6.03 Å². The molecule has 1 aromatic heterocycles. The van der Waals surface area contributed by atoms with Gasteiger partial charge in [0.1, 0.15) is 0 Å². The highest BCUT2D eigenvalue weighted by Crippen LogP contribution is 2.29. The highest BCUT2D eigenvalue weighted by atomic mass is 32.2. The van der Waals surface area contributed by atoms with Crippen molar-refractivity contribution in [2.45, 2.75) is 23.2 Å². The number of hydrogen-bond acceptors (Lipinski definition) is 7. The first-order valence-corrected chi connectivity index (χ1v) is 8.88. The lowest BCUT2D eigenvalue weighted by Crippen LogP contribution is -2.35. The average Bonchev–Trinajstić information content (AvgIpc) is 3.23. The Hall–Kier alpha value is -2.13. The fourth-order valence-electron chi connectivity index (χ4n) is 1.70. The zero-order valence-corrected chi connectivity index (χ0v) is 13.7. The molecule has 3 amide bonds. The van der Waals surface area contributed by atoms with E-state index in [1.807, 2.05) is 6.07 Å². The van der Waals surface area contributed by atoms with Gasteiger partial charge in [-0.05, 0) is 25.0 Å². The highest BCUT2D eigenvalue weighted by Gasteiger charge is 2.22. The molecule has 7 nitrogen and oxygen atoms in total. The first-order chi connectivity index (χ1) is 11.2. The molecule has 1 aliphatic rings. The number of nitrogens with one attached hydrogen (secondary N) is 3. The van der Waals surface area contributed by atoms with Crippen LogP contribution in [0.2, 0.25) is 0 Å². The van der Waals surface area contributed by atoms with Gasteiger partial charge in [-0.1, -0.05) is 41.3 Å². The van der Waals surface area contributed by atoms with Gasteiger partial charge in [-0.25, -0.2) is 4.79 Å². The highest BCUT2D eigenvalue weighted by molar-refractivity contribution is 8.01. The molecule has 1 saturated carbocycles. The molecular weight excluding hydrogens is 334 g/mol. The van der Waals surface area contributed by atoms with E-state index in [1.165, 1.54) is 35.9 Å². The molecule has 1 aliphatic carbocycles. The number of urea groups is 1. The van der Waals surface area contributed by atoms with E-state index in [0.29, 0.717) is 16.1 Å². The molecule has 23 heavy (non-hydrogen) atoms. The SMILES string of the molecule is O=C(CSc1nnc(NC2CC2)s1)NC(=O)Nc1ccccc1. The lowest BCUT2D eigenvalue weighted by molar-refractivity contribution is -0.117. The molecule has 0 radical (unpaired) electrons. The Morgan fingerprint density at radius 3 is 2.74 bits per heavy atom. The zero-order valence-electron chi connectivity index (χ0n) is 12.1. The van der Waals surface area contributed by atoms with Crippen molar-refractivity contribution in [2.24, 2.45) is 0 Å². The maximum absolute atomic E-state index is 11.8. The summed E-state index contributed by atoms with van der Waals surface area (Å²) in [5.41, 5.74) is 0.630. The fourth-order valence-corrected chi connectivity index (χ4v) is 3.33. The summed E-state index contributed by atoms with van der Waals surface area (Å²) in [6.45, 7) is 0. The fraction of sp³-hybridized carbons (Fsp3) is 0.286. The Labute approximate surface area is 141 Å². The molecule has 0 bridgehead atoms. The monoisotopic (exact) mass is 349 g/mol. The Balaban J connectivity index is 1.40. The predicted molar refractivity (Wildman–Crippen MR) is 90.9 cm³/mol. The number of anilines is 2. The molecule has 1 fully saturated rings. The van der Waals surface area contributed by atoms with E-state index in [4.69, 9.17) is 0 Å². The molecule has 9 heteroatoms. The molecule has 1 heterocycles. The van der Waals surface area contributed by atoms with E-state index < -0.39 is 6.03 Å². The van der Waals surface area contributed by atoms with Gasteiger partial charge in [0.05, 0.1) is 5.75 Å². The van der Waals surface area contributed by atoms with Crippen molar-refractivity contribution in [3.8, 4) is 0 Å². The lowest BCUT2D eigenvalue weighted by Gasteiger charge is -2.05. The largest absolute Gasteiger partial charge is 0.357 e. The minimum absolute atomic E-state index is 0.111. The van der Waals surface area contributed by atoms with Crippen molar-refractivity contribution in [1.29, 1.82) is 0 Å². The minimum Gasteiger partial charge on any atom is -0.357 e. The van der Waals surface area contributed by atoms with Crippen LogP contribution in [-0.2, 0) is 4.79 Å². The number of rotatable bonds is 6. The number of benzene rings is 1. The van der Waals surface area contributed by atoms with E-state index in [1.54, 1.807) is 24.3 Å². The quantitative estimate of drug-likeness (QED) is 0.694. The summed E-state index contributed by atoms with van der Waals surface area (Å²) in [6, 6.07) is 8.91. The van der Waals surface area contributed by atoms with Crippen molar-refractivity contribution >= 4 is 45.9 Å². The van der Waals surface area contributed by atoms with Gasteiger partial charge in [-0.15, -0.1) is 10.2 Å². The van der Waals surface area contributed by atoms with Gasteiger partial charge in [0.2, 0.25) is 11.0 Å². The van der Waals surface area contributed by atoms with E-state index >= 15 is 0 Å². The standard InChI is InChI=1S/C14H15N5O2S2/c20-11(17-12(21)15-9-4-2-1-3-5-9)8-22-14-19-18-13(23-14)16-10-6-7-10/h1-5,10H,6-8H2,(H,16,18)(H2,15,17,20,21). The summed E-state index contributed by atoms with van der Waals surface area (Å²) >= 11 is 2.67. The van der Waals surface area contributed by atoms with Crippen LogP contribution in [0.4, 0.5) is 15.6 Å². The summed E-state index contributed by atoms with van der Waals surface area (Å²) in [5, 5.41) is 16.9. The third kappa shape index (κ3) is 5.22. The molecule has 120 valence electrons. The van der Waals surface area contributed by atoms with Crippen molar-refractivity contribution in [2.75, 3.05) is 16.4 Å². The van der Waals surface area contributed by atoms with Gasteiger partial charge in [0.25, 0.3) is 0 Å². The minimum atomic E-state index is -0.546. The van der Waals surface area contributed by atoms with Gasteiger partial charge < -0.3 is 10.6 Å². The number of nitrogens with zero attached hydrogens (tertiary/aromatic N) is 2. The first kappa shape index (κ1) is 15.8. The van der Waals surface area contributed by atoms with Crippen molar-refractivity contribution in [1.82, 2.24) is 15.5 Å². The molecule has 0 saturated heterocycles. The van der Waals surface area contributed by atoms with Crippen LogP contribution in [0.5, 0.6) is 0 Å². The predicted octanol–water partition coefficient (Wildman–Crippen LogP) is 2.55. The number of hydrogen-bond donors (Lipinski definition) is 3. The number of para-hydroxylation sites is 1.